The van der Waals surface area contributed by atoms with Crippen molar-refractivity contribution in [2.24, 2.45) is 0 Å². The van der Waals surface area contributed by atoms with E-state index in [1.807, 2.05) is 47.2 Å². The van der Waals surface area contributed by atoms with Crippen molar-refractivity contribution < 1.29 is 13.2 Å². The molecule has 2 N–H and O–H groups in total. The maximum atomic E-state index is 12.7. The van der Waals surface area contributed by atoms with Crippen molar-refractivity contribution in [3.8, 4) is 0 Å². The molecule has 0 fully saturated rings. The zero-order chi connectivity index (χ0) is 19.4. The van der Waals surface area contributed by atoms with Crippen LogP contribution in [0, 0.1) is 6.92 Å². The normalized spacial score (nSPS) is 11.3. The molecule has 7 heteroatoms. The quantitative estimate of drug-likeness (QED) is 0.687. The number of hydrogen-bond acceptors (Lipinski definition) is 3. The lowest BCUT2D eigenvalue weighted by molar-refractivity contribution is 0.101. The molecule has 0 saturated heterocycles. The average molecular weight is 383 g/mol. The first-order valence-electron chi connectivity index (χ1n) is 8.45. The molecule has 0 unspecified atom stereocenters. The van der Waals surface area contributed by atoms with Crippen LogP contribution in [0.2, 0.25) is 0 Å². The van der Waals surface area contributed by atoms with E-state index in [4.69, 9.17) is 0 Å². The third-order valence-electron chi connectivity index (χ3n) is 4.26. The Morgan fingerprint density at radius 3 is 2.48 bits per heavy atom. The minimum absolute atomic E-state index is 0.141. The minimum Gasteiger partial charge on any atom is -0.339 e. The maximum Gasteiger partial charge on any atom is 0.272 e. The number of benzene rings is 2. The summed E-state index contributed by atoms with van der Waals surface area (Å²) in [6.45, 7) is 2.28. The van der Waals surface area contributed by atoms with Gasteiger partial charge in [-0.05, 0) is 49.4 Å². The van der Waals surface area contributed by atoms with Gasteiger partial charge < -0.3 is 9.88 Å². The van der Waals surface area contributed by atoms with Gasteiger partial charge in [-0.1, -0.05) is 36.4 Å². The number of carbonyl (C=O) groups is 1. The van der Waals surface area contributed by atoms with Crippen LogP contribution in [0.25, 0.3) is 0 Å². The van der Waals surface area contributed by atoms with Gasteiger partial charge in [0.1, 0.15) is 5.69 Å². The van der Waals surface area contributed by atoms with Crippen LogP contribution >= 0.6 is 0 Å². The number of hydrogen-bond donors (Lipinski definition) is 2. The summed E-state index contributed by atoms with van der Waals surface area (Å²) in [5, 5.41) is 2.78. The van der Waals surface area contributed by atoms with Gasteiger partial charge >= 0.3 is 0 Å². The number of carbonyl (C=O) groups excluding carboxylic acids is 1. The molecule has 6 nitrogen and oxygen atoms in total. The van der Waals surface area contributed by atoms with E-state index in [9.17, 15) is 13.2 Å². The summed E-state index contributed by atoms with van der Waals surface area (Å²) < 4.78 is 28.4. The molecule has 0 spiro atoms. The van der Waals surface area contributed by atoms with Crippen LogP contribution in [-0.2, 0) is 16.6 Å². The Balaban J connectivity index is 1.83. The third-order valence-corrected chi connectivity index (χ3v) is 5.82. The van der Waals surface area contributed by atoms with Gasteiger partial charge in [-0.2, -0.15) is 0 Å². The Bertz CT molecular complexity index is 1060. The van der Waals surface area contributed by atoms with Gasteiger partial charge in [0.2, 0.25) is 10.0 Å². The van der Waals surface area contributed by atoms with Crippen LogP contribution in [0.1, 0.15) is 21.6 Å². The van der Waals surface area contributed by atoms with Crippen LogP contribution in [0.5, 0.6) is 0 Å². The number of nitrogens with one attached hydrogen (secondary N) is 2. The lowest BCUT2D eigenvalue weighted by Gasteiger charge is -2.12. The van der Waals surface area contributed by atoms with Crippen LogP contribution in [0.4, 0.5) is 5.69 Å². The zero-order valence-electron chi connectivity index (χ0n) is 15.1. The molecule has 0 radical (unpaired) electrons. The molecule has 1 aromatic heterocycles. The second kappa shape index (κ2) is 7.77. The Morgan fingerprint density at radius 2 is 1.78 bits per heavy atom. The topological polar surface area (TPSA) is 80.2 Å². The molecular formula is C20H21N3O3S. The maximum absolute atomic E-state index is 12.7. The van der Waals surface area contributed by atoms with E-state index in [1.54, 1.807) is 25.1 Å². The predicted molar refractivity (Wildman–Crippen MR) is 105 cm³/mol. The van der Waals surface area contributed by atoms with E-state index in [1.165, 1.54) is 13.1 Å². The first-order valence-corrected chi connectivity index (χ1v) is 9.93. The second-order valence-corrected chi connectivity index (χ2v) is 8.00. The highest BCUT2D eigenvalue weighted by Crippen LogP contribution is 2.20. The van der Waals surface area contributed by atoms with Crippen molar-refractivity contribution in [1.29, 1.82) is 0 Å². The van der Waals surface area contributed by atoms with Gasteiger partial charge in [-0.3, -0.25) is 4.79 Å². The summed E-state index contributed by atoms with van der Waals surface area (Å²) in [5.41, 5.74) is 2.61. The summed E-state index contributed by atoms with van der Waals surface area (Å²) >= 11 is 0. The second-order valence-electron chi connectivity index (χ2n) is 6.15. The smallest absolute Gasteiger partial charge is 0.272 e. The largest absolute Gasteiger partial charge is 0.339 e. The fraction of sp³-hybridized carbons (Fsp3) is 0.150. The van der Waals surface area contributed by atoms with Crippen molar-refractivity contribution in [2.45, 2.75) is 18.4 Å². The molecule has 0 aliphatic rings. The molecular weight excluding hydrogens is 362 g/mol. The number of aromatic nitrogens is 1. The minimum atomic E-state index is -3.60. The first-order chi connectivity index (χ1) is 12.9. The molecule has 3 aromatic rings. The molecule has 1 amide bonds. The standard InChI is InChI=1S/C20H21N3O3S/c1-15-10-11-17(13-19(15)27(25,26)21-2)22-20(24)18-9-6-12-23(18)14-16-7-4-3-5-8-16/h3-13,21H,14H2,1-2H3,(H,22,24). The van der Waals surface area contributed by atoms with Crippen molar-refractivity contribution in [3.63, 3.8) is 0 Å². The fourth-order valence-electron chi connectivity index (χ4n) is 2.81. The van der Waals surface area contributed by atoms with E-state index >= 15 is 0 Å². The molecule has 140 valence electrons. The van der Waals surface area contributed by atoms with Crippen LogP contribution in [0.3, 0.4) is 0 Å². The Hall–Kier alpha value is -2.90. The summed E-state index contributed by atoms with van der Waals surface area (Å²) in [4.78, 5) is 12.8. The molecule has 0 aliphatic carbocycles. The van der Waals surface area contributed by atoms with Gasteiger partial charge in [0.15, 0.2) is 0 Å². The third kappa shape index (κ3) is 4.27. The number of amides is 1. The number of anilines is 1. The molecule has 1 heterocycles. The van der Waals surface area contributed by atoms with Gasteiger partial charge in [0.05, 0.1) is 4.90 Å². The molecule has 0 aliphatic heterocycles. The van der Waals surface area contributed by atoms with Crippen molar-refractivity contribution >= 4 is 21.6 Å². The van der Waals surface area contributed by atoms with Crippen molar-refractivity contribution in [2.75, 3.05) is 12.4 Å². The van der Waals surface area contributed by atoms with Gasteiger partial charge in [-0.25, -0.2) is 13.1 Å². The summed E-state index contributed by atoms with van der Waals surface area (Å²) in [6, 6.07) is 18.2. The van der Waals surface area contributed by atoms with E-state index in [2.05, 4.69) is 10.0 Å². The Labute approximate surface area is 158 Å². The Morgan fingerprint density at radius 1 is 1.04 bits per heavy atom. The summed E-state index contributed by atoms with van der Waals surface area (Å²) in [7, 11) is -2.24. The zero-order valence-corrected chi connectivity index (χ0v) is 16.0. The predicted octanol–water partition coefficient (Wildman–Crippen LogP) is 3.01. The van der Waals surface area contributed by atoms with Crippen molar-refractivity contribution in [3.05, 3.63) is 83.7 Å². The van der Waals surface area contributed by atoms with E-state index < -0.39 is 10.0 Å². The first kappa shape index (κ1) is 18.9. The highest BCUT2D eigenvalue weighted by molar-refractivity contribution is 7.89. The van der Waals surface area contributed by atoms with Crippen LogP contribution in [0.15, 0.2) is 71.8 Å². The van der Waals surface area contributed by atoms with Gasteiger partial charge in [-0.15, -0.1) is 0 Å². The van der Waals surface area contributed by atoms with Crippen molar-refractivity contribution in [1.82, 2.24) is 9.29 Å². The number of rotatable bonds is 6. The highest BCUT2D eigenvalue weighted by atomic mass is 32.2. The highest BCUT2D eigenvalue weighted by Gasteiger charge is 2.17. The SMILES string of the molecule is CNS(=O)(=O)c1cc(NC(=O)c2cccn2Cc2ccccc2)ccc1C. The van der Waals surface area contributed by atoms with E-state index in [0.29, 0.717) is 23.5 Å². The fourth-order valence-corrected chi connectivity index (χ4v) is 3.80. The molecule has 3 rings (SSSR count). The van der Waals surface area contributed by atoms with E-state index in [-0.39, 0.29) is 10.8 Å². The van der Waals surface area contributed by atoms with Crippen LogP contribution in [-0.4, -0.2) is 25.9 Å². The molecule has 0 atom stereocenters. The lowest BCUT2D eigenvalue weighted by atomic mass is 10.2. The van der Waals surface area contributed by atoms with Crippen LogP contribution < -0.4 is 10.0 Å². The Kier molecular flexibility index (Phi) is 5.43. The number of nitrogens with zero attached hydrogens (tertiary/aromatic N) is 1. The van der Waals surface area contributed by atoms with E-state index in [0.717, 1.165) is 5.56 Å². The van der Waals surface area contributed by atoms with Gasteiger partial charge in [0.25, 0.3) is 5.91 Å². The molecule has 0 bridgehead atoms. The monoisotopic (exact) mass is 383 g/mol. The molecule has 0 saturated carbocycles. The number of sulfonamides is 1. The van der Waals surface area contributed by atoms with Gasteiger partial charge in [0, 0.05) is 18.4 Å². The lowest BCUT2D eigenvalue weighted by Crippen LogP contribution is -2.21. The number of aryl methyl sites for hydroxylation is 1. The summed E-state index contributed by atoms with van der Waals surface area (Å²) in [5.74, 6) is -0.299. The molecule has 27 heavy (non-hydrogen) atoms. The summed E-state index contributed by atoms with van der Waals surface area (Å²) in [6.07, 6.45) is 1.84. The average Bonchev–Trinajstić information content (AvgIpc) is 3.12. The molecule has 2 aromatic carbocycles.